The number of hydrogen-bond acceptors (Lipinski definition) is 5. The van der Waals surface area contributed by atoms with Crippen LogP contribution >= 0.6 is 11.3 Å². The SMILES string of the molecule is CC(C)c1ccc(-c2nc(CC(=O)OCC(=O)N[C@@H](C)c3ccccc3)cs2)cc1. The predicted octanol–water partition coefficient (Wildman–Crippen LogP) is 4.90. The standard InChI is InChI=1S/C24H26N2O3S/c1-16(2)18-9-11-20(12-10-18)24-26-21(15-30-24)13-23(28)29-14-22(27)25-17(3)19-7-5-4-6-8-19/h4-12,15-17H,13-14H2,1-3H3,(H,25,27)/t17-/m0/s1. The fourth-order valence-corrected chi connectivity index (χ4v) is 3.81. The summed E-state index contributed by atoms with van der Waals surface area (Å²) in [4.78, 5) is 28.7. The molecule has 6 heteroatoms. The summed E-state index contributed by atoms with van der Waals surface area (Å²) < 4.78 is 5.12. The van der Waals surface area contributed by atoms with Crippen LogP contribution in [-0.2, 0) is 20.7 Å². The first-order chi connectivity index (χ1) is 14.4. The van der Waals surface area contributed by atoms with Gasteiger partial charge in [0.05, 0.1) is 18.2 Å². The summed E-state index contributed by atoms with van der Waals surface area (Å²) >= 11 is 1.49. The molecule has 2 aromatic carbocycles. The molecule has 0 saturated heterocycles. The summed E-state index contributed by atoms with van der Waals surface area (Å²) in [6.45, 7) is 5.90. The molecule has 1 N–H and O–H groups in total. The van der Waals surface area contributed by atoms with Crippen LogP contribution in [0.2, 0.25) is 0 Å². The Morgan fingerprint density at radius 1 is 1.00 bits per heavy atom. The zero-order valence-electron chi connectivity index (χ0n) is 17.4. The van der Waals surface area contributed by atoms with Crippen LogP contribution in [-0.4, -0.2) is 23.5 Å². The van der Waals surface area contributed by atoms with Gasteiger partial charge in [-0.2, -0.15) is 0 Å². The maximum atomic E-state index is 12.1. The van der Waals surface area contributed by atoms with Crippen molar-refractivity contribution in [3.05, 3.63) is 76.8 Å². The maximum Gasteiger partial charge on any atom is 0.312 e. The van der Waals surface area contributed by atoms with Gasteiger partial charge in [0.1, 0.15) is 5.01 Å². The highest BCUT2D eigenvalue weighted by Gasteiger charge is 2.14. The second-order valence-corrected chi connectivity index (χ2v) is 8.32. The second-order valence-electron chi connectivity index (χ2n) is 7.46. The van der Waals surface area contributed by atoms with Crippen molar-refractivity contribution in [3.63, 3.8) is 0 Å². The molecule has 0 aliphatic rings. The molecule has 156 valence electrons. The van der Waals surface area contributed by atoms with E-state index < -0.39 is 5.97 Å². The van der Waals surface area contributed by atoms with Crippen LogP contribution in [0.15, 0.2) is 60.0 Å². The molecule has 0 fully saturated rings. The Balaban J connectivity index is 1.48. The number of hydrogen-bond donors (Lipinski definition) is 1. The molecule has 0 radical (unpaired) electrons. The van der Waals surface area contributed by atoms with Crippen molar-refractivity contribution >= 4 is 23.2 Å². The second kappa shape index (κ2) is 10.2. The minimum absolute atomic E-state index is 0.0437. The lowest BCUT2D eigenvalue weighted by Crippen LogP contribution is -2.31. The molecule has 5 nitrogen and oxygen atoms in total. The summed E-state index contributed by atoms with van der Waals surface area (Å²) in [5.74, 6) is -0.318. The van der Waals surface area contributed by atoms with Crippen molar-refractivity contribution in [3.8, 4) is 10.6 Å². The average molecular weight is 423 g/mol. The lowest BCUT2D eigenvalue weighted by Gasteiger charge is -2.14. The lowest BCUT2D eigenvalue weighted by molar-refractivity contribution is -0.148. The van der Waals surface area contributed by atoms with Gasteiger partial charge in [-0.25, -0.2) is 4.98 Å². The number of esters is 1. The molecule has 0 spiro atoms. The van der Waals surface area contributed by atoms with Gasteiger partial charge in [-0.05, 0) is 24.0 Å². The summed E-state index contributed by atoms with van der Waals surface area (Å²) in [6.07, 6.45) is 0.0437. The zero-order valence-corrected chi connectivity index (χ0v) is 18.2. The summed E-state index contributed by atoms with van der Waals surface area (Å²) in [5.41, 5.74) is 3.94. The molecule has 0 aliphatic carbocycles. The first-order valence-electron chi connectivity index (χ1n) is 9.97. The van der Waals surface area contributed by atoms with Crippen LogP contribution in [0.1, 0.15) is 49.6 Å². The van der Waals surface area contributed by atoms with E-state index in [-0.39, 0.29) is 25.0 Å². The van der Waals surface area contributed by atoms with Crippen LogP contribution < -0.4 is 5.32 Å². The molecule has 3 rings (SSSR count). The van der Waals surface area contributed by atoms with Crippen molar-refractivity contribution in [1.82, 2.24) is 10.3 Å². The highest BCUT2D eigenvalue weighted by molar-refractivity contribution is 7.13. The molecule has 1 amide bonds. The van der Waals surface area contributed by atoms with Gasteiger partial charge in [-0.3, -0.25) is 9.59 Å². The van der Waals surface area contributed by atoms with E-state index in [9.17, 15) is 9.59 Å². The molecule has 0 aliphatic heterocycles. The highest BCUT2D eigenvalue weighted by Crippen LogP contribution is 2.26. The van der Waals surface area contributed by atoms with Gasteiger partial charge >= 0.3 is 5.97 Å². The smallest absolute Gasteiger partial charge is 0.312 e. The lowest BCUT2D eigenvalue weighted by atomic mass is 10.0. The topological polar surface area (TPSA) is 68.3 Å². The Labute approximate surface area is 181 Å². The van der Waals surface area contributed by atoms with E-state index >= 15 is 0 Å². The Morgan fingerprint density at radius 2 is 1.70 bits per heavy atom. The van der Waals surface area contributed by atoms with Crippen molar-refractivity contribution in [2.75, 3.05) is 6.61 Å². The molecule has 1 aromatic heterocycles. The number of carbonyl (C=O) groups is 2. The number of aromatic nitrogens is 1. The monoisotopic (exact) mass is 422 g/mol. The van der Waals surface area contributed by atoms with E-state index in [1.54, 1.807) is 0 Å². The number of ether oxygens (including phenoxy) is 1. The Bertz CT molecular complexity index is 981. The highest BCUT2D eigenvalue weighted by atomic mass is 32.1. The van der Waals surface area contributed by atoms with Crippen LogP contribution in [0.4, 0.5) is 0 Å². The molecule has 1 atom stereocenters. The zero-order chi connectivity index (χ0) is 21.5. The quantitative estimate of drug-likeness (QED) is 0.525. The number of rotatable bonds is 8. The molecule has 1 heterocycles. The van der Waals surface area contributed by atoms with E-state index in [2.05, 4.69) is 48.4 Å². The van der Waals surface area contributed by atoms with Crippen molar-refractivity contribution in [2.45, 2.75) is 39.2 Å². The Morgan fingerprint density at radius 3 is 2.37 bits per heavy atom. The number of amides is 1. The average Bonchev–Trinajstić information content (AvgIpc) is 3.21. The van der Waals surface area contributed by atoms with E-state index in [1.165, 1.54) is 16.9 Å². The van der Waals surface area contributed by atoms with Gasteiger partial charge in [0.25, 0.3) is 5.91 Å². The fraction of sp³-hybridized carbons (Fsp3) is 0.292. The van der Waals surface area contributed by atoms with E-state index in [4.69, 9.17) is 4.74 Å². The Hall–Kier alpha value is -2.99. The molecular formula is C24H26N2O3S. The number of nitrogens with one attached hydrogen (secondary N) is 1. The fourth-order valence-electron chi connectivity index (χ4n) is 2.98. The molecule has 3 aromatic rings. The van der Waals surface area contributed by atoms with E-state index in [0.29, 0.717) is 11.6 Å². The van der Waals surface area contributed by atoms with Crippen LogP contribution in [0.5, 0.6) is 0 Å². The van der Waals surface area contributed by atoms with Gasteiger partial charge in [-0.1, -0.05) is 68.4 Å². The van der Waals surface area contributed by atoms with Crippen molar-refractivity contribution in [1.29, 1.82) is 0 Å². The van der Waals surface area contributed by atoms with Gasteiger partial charge in [0.2, 0.25) is 0 Å². The number of thiazole rings is 1. The molecule has 30 heavy (non-hydrogen) atoms. The number of carbonyl (C=O) groups excluding carboxylic acids is 2. The van der Waals surface area contributed by atoms with Crippen LogP contribution in [0, 0.1) is 0 Å². The molecule has 0 saturated carbocycles. The van der Waals surface area contributed by atoms with Gasteiger partial charge in [0.15, 0.2) is 6.61 Å². The van der Waals surface area contributed by atoms with Crippen molar-refractivity contribution in [2.24, 2.45) is 0 Å². The third-order valence-electron chi connectivity index (χ3n) is 4.74. The minimum Gasteiger partial charge on any atom is -0.455 e. The normalized spacial score (nSPS) is 11.9. The molecule has 0 bridgehead atoms. The maximum absolute atomic E-state index is 12.1. The van der Waals surface area contributed by atoms with Crippen LogP contribution in [0.3, 0.4) is 0 Å². The molecular weight excluding hydrogens is 396 g/mol. The van der Waals surface area contributed by atoms with E-state index in [0.717, 1.165) is 16.1 Å². The van der Waals surface area contributed by atoms with Gasteiger partial charge < -0.3 is 10.1 Å². The van der Waals surface area contributed by atoms with Gasteiger partial charge in [0, 0.05) is 10.9 Å². The third-order valence-corrected chi connectivity index (χ3v) is 5.68. The summed E-state index contributed by atoms with van der Waals surface area (Å²) in [5, 5.41) is 5.54. The van der Waals surface area contributed by atoms with Crippen molar-refractivity contribution < 1.29 is 14.3 Å². The third kappa shape index (κ3) is 6.00. The number of nitrogens with zero attached hydrogens (tertiary/aromatic N) is 1. The predicted molar refractivity (Wildman–Crippen MR) is 119 cm³/mol. The Kier molecular flexibility index (Phi) is 7.36. The van der Waals surface area contributed by atoms with E-state index in [1.807, 2.05) is 42.6 Å². The first kappa shape index (κ1) is 21.7. The largest absolute Gasteiger partial charge is 0.455 e. The first-order valence-corrected chi connectivity index (χ1v) is 10.8. The minimum atomic E-state index is -0.468. The van der Waals surface area contributed by atoms with Crippen LogP contribution in [0.25, 0.3) is 10.6 Å². The van der Waals surface area contributed by atoms with Gasteiger partial charge in [-0.15, -0.1) is 11.3 Å². The summed E-state index contributed by atoms with van der Waals surface area (Å²) in [6, 6.07) is 17.8. The molecule has 0 unspecified atom stereocenters. The summed E-state index contributed by atoms with van der Waals surface area (Å²) in [7, 11) is 0. The number of benzene rings is 2.